The third kappa shape index (κ3) is 5.44. The zero-order valence-electron chi connectivity index (χ0n) is 14.7. The molecule has 2 aromatic heterocycles. The molecular weight excluding hydrogens is 344 g/mol. The van der Waals surface area contributed by atoms with E-state index < -0.39 is 10.0 Å². The molecule has 2 heterocycles. The van der Waals surface area contributed by atoms with Crippen molar-refractivity contribution in [3.63, 3.8) is 0 Å². The highest BCUT2D eigenvalue weighted by Gasteiger charge is 2.17. The predicted octanol–water partition coefficient (Wildman–Crippen LogP) is 3.53. The van der Waals surface area contributed by atoms with Crippen LogP contribution >= 0.6 is 11.3 Å². The molecule has 2 rings (SSSR count). The highest BCUT2D eigenvalue weighted by Crippen LogP contribution is 2.19. The number of rotatable bonds is 9. The summed E-state index contributed by atoms with van der Waals surface area (Å²) in [6.45, 7) is 6.26. The van der Waals surface area contributed by atoms with Crippen LogP contribution in [0.5, 0.6) is 0 Å². The number of furan rings is 1. The minimum atomic E-state index is -3.20. The van der Waals surface area contributed by atoms with Crippen LogP contribution in [0.15, 0.2) is 33.4 Å². The Bertz CT molecular complexity index is 723. The summed E-state index contributed by atoms with van der Waals surface area (Å²) >= 11 is 1.71. The Morgan fingerprint density at radius 2 is 1.83 bits per heavy atom. The average Bonchev–Trinajstić information content (AvgIpc) is 3.17. The van der Waals surface area contributed by atoms with Crippen LogP contribution in [-0.4, -0.2) is 37.0 Å². The van der Waals surface area contributed by atoms with Crippen molar-refractivity contribution in [2.24, 2.45) is 0 Å². The lowest BCUT2D eigenvalue weighted by atomic mass is 10.2. The van der Waals surface area contributed by atoms with Gasteiger partial charge in [-0.1, -0.05) is 6.92 Å². The lowest BCUT2D eigenvalue weighted by molar-refractivity contribution is 0.170. The van der Waals surface area contributed by atoms with Crippen molar-refractivity contribution in [2.75, 3.05) is 13.3 Å². The van der Waals surface area contributed by atoms with Crippen molar-refractivity contribution < 1.29 is 12.8 Å². The van der Waals surface area contributed by atoms with E-state index in [2.05, 4.69) is 35.6 Å². The quantitative estimate of drug-likeness (QED) is 0.677. The Labute approximate surface area is 148 Å². The normalized spacial score (nSPS) is 13.8. The average molecular weight is 371 g/mol. The summed E-state index contributed by atoms with van der Waals surface area (Å²) < 4.78 is 30.1. The van der Waals surface area contributed by atoms with Gasteiger partial charge in [-0.2, -0.15) is 15.6 Å². The van der Waals surface area contributed by atoms with E-state index in [1.807, 2.05) is 12.1 Å². The SMILES string of the molecule is CC[C@@H](C)N(Cc1ccsc1)Cc1ccc(CN(C)S(C)(=O)=O)o1. The molecule has 0 aliphatic rings. The summed E-state index contributed by atoms with van der Waals surface area (Å²) in [5, 5.41) is 4.26. The van der Waals surface area contributed by atoms with Gasteiger partial charge in [-0.05, 0) is 47.9 Å². The monoisotopic (exact) mass is 370 g/mol. The number of nitrogens with zero attached hydrogens (tertiary/aromatic N) is 2. The molecule has 0 saturated carbocycles. The van der Waals surface area contributed by atoms with Gasteiger partial charge in [0.05, 0.1) is 19.3 Å². The Morgan fingerprint density at radius 3 is 2.38 bits per heavy atom. The van der Waals surface area contributed by atoms with E-state index in [0.717, 1.165) is 18.7 Å². The predicted molar refractivity (Wildman–Crippen MR) is 98.3 cm³/mol. The maximum Gasteiger partial charge on any atom is 0.211 e. The fourth-order valence-corrected chi connectivity index (χ4v) is 3.39. The second-order valence-electron chi connectivity index (χ2n) is 6.18. The van der Waals surface area contributed by atoms with Gasteiger partial charge in [-0.15, -0.1) is 0 Å². The van der Waals surface area contributed by atoms with Crippen LogP contribution in [0, 0.1) is 0 Å². The summed E-state index contributed by atoms with van der Waals surface area (Å²) in [5.41, 5.74) is 1.31. The van der Waals surface area contributed by atoms with Crippen LogP contribution in [-0.2, 0) is 29.7 Å². The Balaban J connectivity index is 2.04. The Kier molecular flexibility index (Phi) is 6.62. The molecule has 5 nitrogen and oxygen atoms in total. The molecule has 2 aromatic rings. The lowest BCUT2D eigenvalue weighted by Gasteiger charge is -2.27. The van der Waals surface area contributed by atoms with Crippen LogP contribution in [0.4, 0.5) is 0 Å². The highest BCUT2D eigenvalue weighted by atomic mass is 32.2. The van der Waals surface area contributed by atoms with Crippen LogP contribution in [0.1, 0.15) is 37.4 Å². The zero-order chi connectivity index (χ0) is 17.7. The summed E-state index contributed by atoms with van der Waals surface area (Å²) in [4.78, 5) is 2.38. The zero-order valence-corrected chi connectivity index (χ0v) is 16.4. The first kappa shape index (κ1) is 19.2. The first-order valence-electron chi connectivity index (χ1n) is 8.03. The summed E-state index contributed by atoms with van der Waals surface area (Å²) in [6, 6.07) is 6.39. The molecule has 0 aliphatic carbocycles. The van der Waals surface area contributed by atoms with E-state index in [0.29, 0.717) is 18.3 Å². The van der Waals surface area contributed by atoms with Crippen molar-refractivity contribution in [1.29, 1.82) is 0 Å². The number of hydrogen-bond donors (Lipinski definition) is 0. The molecule has 0 fully saturated rings. The van der Waals surface area contributed by atoms with Crippen molar-refractivity contribution in [2.45, 2.75) is 45.9 Å². The van der Waals surface area contributed by atoms with E-state index in [9.17, 15) is 8.42 Å². The molecule has 24 heavy (non-hydrogen) atoms. The topological polar surface area (TPSA) is 53.8 Å². The smallest absolute Gasteiger partial charge is 0.211 e. The second kappa shape index (κ2) is 8.29. The van der Waals surface area contributed by atoms with E-state index in [-0.39, 0.29) is 6.54 Å². The maximum absolute atomic E-state index is 11.5. The first-order valence-corrected chi connectivity index (χ1v) is 10.8. The summed E-state index contributed by atoms with van der Waals surface area (Å²) in [6.07, 6.45) is 2.26. The fourth-order valence-electron chi connectivity index (χ4n) is 2.37. The minimum absolute atomic E-state index is 0.257. The summed E-state index contributed by atoms with van der Waals surface area (Å²) in [7, 11) is -1.65. The molecule has 7 heteroatoms. The highest BCUT2D eigenvalue weighted by molar-refractivity contribution is 7.88. The molecule has 0 N–H and O–H groups in total. The number of sulfonamides is 1. The molecule has 0 unspecified atom stereocenters. The number of hydrogen-bond acceptors (Lipinski definition) is 5. The second-order valence-corrected chi connectivity index (χ2v) is 9.05. The van der Waals surface area contributed by atoms with Gasteiger partial charge in [-0.25, -0.2) is 8.42 Å². The van der Waals surface area contributed by atoms with Crippen molar-refractivity contribution in [3.05, 3.63) is 46.0 Å². The molecule has 0 aliphatic heterocycles. The van der Waals surface area contributed by atoms with E-state index >= 15 is 0 Å². The fraction of sp³-hybridized carbons (Fsp3) is 0.529. The number of thiophene rings is 1. The molecular formula is C17H26N2O3S2. The van der Waals surface area contributed by atoms with Gasteiger partial charge < -0.3 is 4.42 Å². The molecule has 0 saturated heterocycles. The van der Waals surface area contributed by atoms with E-state index in [1.54, 1.807) is 18.4 Å². The van der Waals surface area contributed by atoms with Gasteiger partial charge in [0, 0.05) is 19.6 Å². The largest absolute Gasteiger partial charge is 0.463 e. The first-order chi connectivity index (χ1) is 11.3. The van der Waals surface area contributed by atoms with Gasteiger partial charge in [0.1, 0.15) is 11.5 Å². The maximum atomic E-state index is 11.5. The molecule has 0 bridgehead atoms. The molecule has 1 atom stereocenters. The standard InChI is InChI=1S/C17H26N2O3S2/c1-5-14(2)19(10-15-8-9-23-13-15)12-17-7-6-16(22-17)11-18(3)24(4,20)21/h6-9,13-14H,5,10-12H2,1-4H3/t14-/m1/s1. The van der Waals surface area contributed by atoms with Crippen LogP contribution in [0.3, 0.4) is 0 Å². The minimum Gasteiger partial charge on any atom is -0.463 e. The van der Waals surface area contributed by atoms with Gasteiger partial charge in [-0.3, -0.25) is 4.90 Å². The molecule has 0 amide bonds. The Morgan fingerprint density at radius 1 is 1.17 bits per heavy atom. The van der Waals surface area contributed by atoms with Crippen molar-refractivity contribution in [1.82, 2.24) is 9.21 Å². The molecule has 0 spiro atoms. The van der Waals surface area contributed by atoms with Gasteiger partial charge in [0.25, 0.3) is 0 Å². The Hall–Kier alpha value is -1.15. The van der Waals surface area contributed by atoms with Crippen LogP contribution < -0.4 is 0 Å². The van der Waals surface area contributed by atoms with Gasteiger partial charge in [0.15, 0.2) is 0 Å². The van der Waals surface area contributed by atoms with Gasteiger partial charge >= 0.3 is 0 Å². The molecule has 0 radical (unpaired) electrons. The van der Waals surface area contributed by atoms with E-state index in [1.165, 1.54) is 16.1 Å². The van der Waals surface area contributed by atoms with Crippen molar-refractivity contribution >= 4 is 21.4 Å². The van der Waals surface area contributed by atoms with Gasteiger partial charge in [0.2, 0.25) is 10.0 Å². The molecule has 134 valence electrons. The van der Waals surface area contributed by atoms with Crippen molar-refractivity contribution in [3.8, 4) is 0 Å². The third-order valence-corrected chi connectivity index (χ3v) is 6.19. The molecule has 0 aromatic carbocycles. The van der Waals surface area contributed by atoms with Crippen LogP contribution in [0.2, 0.25) is 0 Å². The third-order valence-electron chi connectivity index (χ3n) is 4.20. The van der Waals surface area contributed by atoms with Crippen LogP contribution in [0.25, 0.3) is 0 Å². The summed E-state index contributed by atoms with van der Waals surface area (Å²) in [5.74, 6) is 1.53. The van der Waals surface area contributed by atoms with E-state index in [4.69, 9.17) is 4.42 Å². The lowest BCUT2D eigenvalue weighted by Crippen LogP contribution is -2.31.